The van der Waals surface area contributed by atoms with Gasteiger partial charge in [-0.05, 0) is 32.0 Å². The summed E-state index contributed by atoms with van der Waals surface area (Å²) in [7, 11) is 0. The Hall–Kier alpha value is -2.41. The third-order valence-electron chi connectivity index (χ3n) is 2.94. The Bertz CT molecular complexity index is 601. The monoisotopic (exact) mass is 252 g/mol. The minimum atomic E-state index is 0.643. The lowest BCUT2D eigenvalue weighted by atomic mass is 10.2. The second-order valence-electron chi connectivity index (χ2n) is 4.29. The molecule has 0 atom stereocenters. The molecule has 0 saturated carbocycles. The smallest absolute Gasteiger partial charge is 0.101 e. The Balaban J connectivity index is 2.28. The Morgan fingerprint density at radius 2 is 2.16 bits per heavy atom. The van der Waals surface area contributed by atoms with Crippen molar-refractivity contribution < 1.29 is 0 Å². The Morgan fingerprint density at radius 1 is 1.32 bits per heavy atom. The summed E-state index contributed by atoms with van der Waals surface area (Å²) in [6.07, 6.45) is 3.37. The van der Waals surface area contributed by atoms with Crippen LogP contribution in [0.25, 0.3) is 0 Å². The molecule has 2 aromatic rings. The van der Waals surface area contributed by atoms with Gasteiger partial charge in [0.1, 0.15) is 6.07 Å². The van der Waals surface area contributed by atoms with Crippen LogP contribution in [0.4, 0.5) is 5.69 Å². The minimum absolute atomic E-state index is 0.643. The Labute approximate surface area is 113 Å². The molecule has 0 spiro atoms. The van der Waals surface area contributed by atoms with Crippen molar-refractivity contribution in [3.63, 3.8) is 0 Å². The number of aromatic nitrogens is 2. The first-order chi connectivity index (χ1) is 9.24. The van der Waals surface area contributed by atoms with Crippen LogP contribution in [0.3, 0.4) is 0 Å². The summed E-state index contributed by atoms with van der Waals surface area (Å²) < 4.78 is 0. The van der Waals surface area contributed by atoms with Crippen LogP contribution in [-0.2, 0) is 6.54 Å². The van der Waals surface area contributed by atoms with E-state index in [2.05, 4.69) is 27.9 Å². The normalized spacial score (nSPS) is 9.95. The molecule has 0 aliphatic carbocycles. The van der Waals surface area contributed by atoms with Crippen molar-refractivity contribution in [2.24, 2.45) is 0 Å². The Morgan fingerprint density at radius 3 is 2.84 bits per heavy atom. The number of hydrogen-bond acceptors (Lipinski definition) is 4. The maximum absolute atomic E-state index is 9.15. The van der Waals surface area contributed by atoms with Crippen molar-refractivity contribution in [2.75, 3.05) is 11.4 Å². The van der Waals surface area contributed by atoms with Gasteiger partial charge in [-0.15, -0.1) is 0 Å². The first-order valence-corrected chi connectivity index (χ1v) is 6.26. The number of pyridine rings is 2. The van der Waals surface area contributed by atoms with Crippen LogP contribution >= 0.6 is 0 Å². The predicted octanol–water partition coefficient (Wildman–Crippen LogP) is 2.68. The molecule has 0 amide bonds. The average Bonchev–Trinajstić information content (AvgIpc) is 2.45. The van der Waals surface area contributed by atoms with Gasteiger partial charge in [0, 0.05) is 18.4 Å². The summed E-state index contributed by atoms with van der Waals surface area (Å²) in [6.45, 7) is 5.52. The summed E-state index contributed by atoms with van der Waals surface area (Å²) >= 11 is 0. The van der Waals surface area contributed by atoms with E-state index in [0.29, 0.717) is 12.1 Å². The molecule has 0 aliphatic rings. The molecule has 2 aromatic heterocycles. The van der Waals surface area contributed by atoms with E-state index in [9.17, 15) is 0 Å². The average molecular weight is 252 g/mol. The number of anilines is 1. The van der Waals surface area contributed by atoms with E-state index in [1.54, 1.807) is 18.5 Å². The van der Waals surface area contributed by atoms with Gasteiger partial charge in [0.15, 0.2) is 0 Å². The first-order valence-electron chi connectivity index (χ1n) is 6.26. The van der Waals surface area contributed by atoms with Crippen LogP contribution in [0.5, 0.6) is 0 Å². The highest BCUT2D eigenvalue weighted by molar-refractivity contribution is 5.57. The molecule has 2 heterocycles. The quantitative estimate of drug-likeness (QED) is 0.839. The van der Waals surface area contributed by atoms with Crippen LogP contribution in [0.15, 0.2) is 36.7 Å². The van der Waals surface area contributed by atoms with Crippen LogP contribution in [0.2, 0.25) is 0 Å². The van der Waals surface area contributed by atoms with E-state index in [1.807, 2.05) is 25.1 Å². The number of nitriles is 1. The lowest BCUT2D eigenvalue weighted by Crippen LogP contribution is -2.23. The SMILES string of the molecule is CCN(Cc1cccc(C)n1)c1cnccc1C#N. The van der Waals surface area contributed by atoms with E-state index in [1.165, 1.54) is 0 Å². The lowest BCUT2D eigenvalue weighted by molar-refractivity contribution is 0.802. The molecule has 4 heteroatoms. The van der Waals surface area contributed by atoms with Crippen molar-refractivity contribution >= 4 is 5.69 Å². The summed E-state index contributed by atoms with van der Waals surface area (Å²) in [5.74, 6) is 0. The van der Waals surface area contributed by atoms with Gasteiger partial charge in [0.2, 0.25) is 0 Å². The molecule has 4 nitrogen and oxygen atoms in total. The zero-order chi connectivity index (χ0) is 13.7. The van der Waals surface area contributed by atoms with Gasteiger partial charge in [0.05, 0.1) is 29.7 Å². The molecular formula is C15H16N4. The van der Waals surface area contributed by atoms with E-state index in [-0.39, 0.29) is 0 Å². The van der Waals surface area contributed by atoms with E-state index >= 15 is 0 Å². The second kappa shape index (κ2) is 5.96. The number of hydrogen-bond donors (Lipinski definition) is 0. The third-order valence-corrected chi connectivity index (χ3v) is 2.94. The fourth-order valence-corrected chi connectivity index (χ4v) is 1.98. The summed E-state index contributed by atoms with van der Waals surface area (Å²) in [4.78, 5) is 10.7. The zero-order valence-electron chi connectivity index (χ0n) is 11.2. The van der Waals surface area contributed by atoms with Crippen LogP contribution in [0.1, 0.15) is 23.9 Å². The van der Waals surface area contributed by atoms with Crippen molar-refractivity contribution in [2.45, 2.75) is 20.4 Å². The molecule has 0 fully saturated rings. The summed E-state index contributed by atoms with van der Waals surface area (Å²) in [5.41, 5.74) is 3.50. The van der Waals surface area contributed by atoms with Gasteiger partial charge in [-0.3, -0.25) is 9.97 Å². The first kappa shape index (κ1) is 13.0. The van der Waals surface area contributed by atoms with Crippen molar-refractivity contribution in [1.29, 1.82) is 5.26 Å². The van der Waals surface area contributed by atoms with Crippen LogP contribution in [0, 0.1) is 18.3 Å². The van der Waals surface area contributed by atoms with Gasteiger partial charge in [-0.1, -0.05) is 6.07 Å². The molecular weight excluding hydrogens is 236 g/mol. The molecule has 0 aliphatic heterocycles. The molecule has 0 unspecified atom stereocenters. The number of aryl methyl sites for hydroxylation is 1. The van der Waals surface area contributed by atoms with Gasteiger partial charge in [-0.25, -0.2) is 0 Å². The lowest BCUT2D eigenvalue weighted by Gasteiger charge is -2.23. The number of nitrogens with zero attached hydrogens (tertiary/aromatic N) is 4. The highest BCUT2D eigenvalue weighted by Crippen LogP contribution is 2.19. The molecule has 2 rings (SSSR count). The van der Waals surface area contributed by atoms with Crippen molar-refractivity contribution in [3.8, 4) is 6.07 Å². The second-order valence-corrected chi connectivity index (χ2v) is 4.29. The van der Waals surface area contributed by atoms with Gasteiger partial charge >= 0.3 is 0 Å². The Kier molecular flexibility index (Phi) is 4.09. The third kappa shape index (κ3) is 3.08. The molecule has 0 N–H and O–H groups in total. The standard InChI is InChI=1S/C15H16N4/c1-3-19(11-14-6-4-5-12(2)18-14)15-10-17-8-7-13(15)9-16/h4-8,10H,3,11H2,1-2H3. The molecule has 96 valence electrons. The van der Waals surface area contributed by atoms with E-state index in [4.69, 9.17) is 5.26 Å². The predicted molar refractivity (Wildman–Crippen MR) is 74.7 cm³/mol. The fraction of sp³-hybridized carbons (Fsp3) is 0.267. The summed E-state index contributed by atoms with van der Waals surface area (Å²) in [6, 6.07) is 9.92. The molecule has 0 bridgehead atoms. The van der Waals surface area contributed by atoms with Gasteiger partial charge < -0.3 is 4.90 Å². The molecule has 19 heavy (non-hydrogen) atoms. The highest BCUT2D eigenvalue weighted by atomic mass is 15.1. The fourth-order valence-electron chi connectivity index (χ4n) is 1.98. The topological polar surface area (TPSA) is 52.8 Å². The van der Waals surface area contributed by atoms with E-state index < -0.39 is 0 Å². The largest absolute Gasteiger partial charge is 0.364 e. The van der Waals surface area contributed by atoms with Gasteiger partial charge in [0.25, 0.3) is 0 Å². The summed E-state index contributed by atoms with van der Waals surface area (Å²) in [5, 5.41) is 9.15. The molecule has 0 saturated heterocycles. The number of rotatable bonds is 4. The highest BCUT2D eigenvalue weighted by Gasteiger charge is 2.11. The van der Waals surface area contributed by atoms with Crippen LogP contribution < -0.4 is 4.90 Å². The maximum atomic E-state index is 9.15. The van der Waals surface area contributed by atoms with Gasteiger partial charge in [-0.2, -0.15) is 5.26 Å². The molecule has 0 radical (unpaired) electrons. The molecule has 0 aromatic carbocycles. The minimum Gasteiger partial charge on any atom is -0.364 e. The van der Waals surface area contributed by atoms with E-state index in [0.717, 1.165) is 23.6 Å². The van der Waals surface area contributed by atoms with Crippen molar-refractivity contribution in [3.05, 3.63) is 53.6 Å². The zero-order valence-corrected chi connectivity index (χ0v) is 11.2. The maximum Gasteiger partial charge on any atom is 0.101 e. The van der Waals surface area contributed by atoms with Crippen molar-refractivity contribution in [1.82, 2.24) is 9.97 Å². The van der Waals surface area contributed by atoms with Crippen LogP contribution in [-0.4, -0.2) is 16.5 Å².